The van der Waals surface area contributed by atoms with Gasteiger partial charge in [-0.3, -0.25) is 0 Å². The van der Waals surface area contributed by atoms with Gasteiger partial charge in [0.15, 0.2) is 0 Å². The Morgan fingerprint density at radius 2 is 1.90 bits per heavy atom. The van der Waals surface area contributed by atoms with Crippen LogP contribution in [0.2, 0.25) is 5.02 Å². The van der Waals surface area contributed by atoms with E-state index < -0.39 is 0 Å². The first-order valence-electron chi connectivity index (χ1n) is 6.62. The number of fused-ring (bicyclic) bond motifs is 1. The molecule has 0 unspecified atom stereocenters. The molecule has 3 aromatic rings. The minimum Gasteiger partial charge on any atom is -0.354 e. The van der Waals surface area contributed by atoms with Crippen LogP contribution in [0.15, 0.2) is 53.1 Å². The minimum atomic E-state index is 0.648. The summed E-state index contributed by atoms with van der Waals surface area (Å²) in [6.45, 7) is 0.779. The van der Waals surface area contributed by atoms with Crippen molar-refractivity contribution in [3.63, 3.8) is 0 Å². The zero-order valence-corrected chi connectivity index (χ0v) is 13.5. The summed E-state index contributed by atoms with van der Waals surface area (Å²) < 4.78 is 1.01. The second-order valence-electron chi connectivity index (χ2n) is 4.67. The summed E-state index contributed by atoms with van der Waals surface area (Å²) in [5, 5.41) is 5.02. The van der Waals surface area contributed by atoms with Crippen molar-refractivity contribution < 1.29 is 0 Å². The molecule has 1 aromatic heterocycles. The molecule has 1 N–H and O–H groups in total. The lowest BCUT2D eigenvalue weighted by atomic mass is 10.1. The van der Waals surface area contributed by atoms with Crippen LogP contribution in [-0.2, 0) is 6.42 Å². The molecule has 3 nitrogen and oxygen atoms in total. The van der Waals surface area contributed by atoms with Gasteiger partial charge in [-0.1, -0.05) is 45.7 Å². The Hall–Kier alpha value is -1.65. The highest BCUT2D eigenvalue weighted by molar-refractivity contribution is 9.10. The van der Waals surface area contributed by atoms with Gasteiger partial charge < -0.3 is 5.32 Å². The minimum absolute atomic E-state index is 0.648. The number of hydrogen-bond acceptors (Lipinski definition) is 3. The normalized spacial score (nSPS) is 10.8. The SMILES string of the molecule is Clc1ccc(CCNc2ncc3c(Br)cccc3n2)cc1. The van der Waals surface area contributed by atoms with E-state index in [1.165, 1.54) is 5.56 Å². The van der Waals surface area contributed by atoms with Crippen molar-refractivity contribution in [2.24, 2.45) is 0 Å². The molecule has 1 heterocycles. The molecule has 0 radical (unpaired) electrons. The fourth-order valence-electron chi connectivity index (χ4n) is 2.07. The predicted molar refractivity (Wildman–Crippen MR) is 90.9 cm³/mol. The lowest BCUT2D eigenvalue weighted by molar-refractivity contribution is 0.990. The van der Waals surface area contributed by atoms with Gasteiger partial charge >= 0.3 is 0 Å². The highest BCUT2D eigenvalue weighted by atomic mass is 79.9. The Balaban J connectivity index is 1.66. The molecule has 106 valence electrons. The monoisotopic (exact) mass is 361 g/mol. The van der Waals surface area contributed by atoms with Crippen molar-refractivity contribution in [2.45, 2.75) is 6.42 Å². The second-order valence-corrected chi connectivity index (χ2v) is 5.96. The van der Waals surface area contributed by atoms with Crippen molar-refractivity contribution >= 4 is 44.4 Å². The van der Waals surface area contributed by atoms with Crippen LogP contribution in [0.3, 0.4) is 0 Å². The molecule has 0 bridgehead atoms. The van der Waals surface area contributed by atoms with Crippen LogP contribution >= 0.6 is 27.5 Å². The first kappa shape index (κ1) is 14.3. The number of aromatic nitrogens is 2. The van der Waals surface area contributed by atoms with Crippen LogP contribution in [-0.4, -0.2) is 16.5 Å². The van der Waals surface area contributed by atoms with Crippen LogP contribution in [0.4, 0.5) is 5.95 Å². The van der Waals surface area contributed by atoms with Gasteiger partial charge in [0.05, 0.1) is 5.52 Å². The Morgan fingerprint density at radius 1 is 1.10 bits per heavy atom. The largest absolute Gasteiger partial charge is 0.354 e. The van der Waals surface area contributed by atoms with Gasteiger partial charge in [0, 0.05) is 27.6 Å². The third kappa shape index (κ3) is 3.52. The zero-order chi connectivity index (χ0) is 14.7. The fourth-order valence-corrected chi connectivity index (χ4v) is 2.66. The smallest absolute Gasteiger partial charge is 0.223 e. The molecular weight excluding hydrogens is 350 g/mol. The molecule has 0 saturated heterocycles. The number of nitrogens with zero attached hydrogens (tertiary/aromatic N) is 2. The topological polar surface area (TPSA) is 37.8 Å². The number of rotatable bonds is 4. The standard InChI is InChI=1S/C16H13BrClN3/c17-14-2-1-3-15-13(14)10-20-16(21-15)19-9-8-11-4-6-12(18)7-5-11/h1-7,10H,8-9H2,(H,19,20,21). The van der Waals surface area contributed by atoms with E-state index in [0.717, 1.165) is 33.4 Å². The summed E-state index contributed by atoms with van der Waals surface area (Å²) >= 11 is 9.37. The summed E-state index contributed by atoms with van der Waals surface area (Å²) in [6.07, 6.45) is 2.73. The average Bonchev–Trinajstić information content (AvgIpc) is 2.49. The number of nitrogens with one attached hydrogen (secondary N) is 1. The summed E-state index contributed by atoms with van der Waals surface area (Å²) in [5.74, 6) is 0.648. The van der Waals surface area contributed by atoms with Crippen molar-refractivity contribution in [2.75, 3.05) is 11.9 Å². The molecule has 2 aromatic carbocycles. The third-order valence-electron chi connectivity index (χ3n) is 3.18. The van der Waals surface area contributed by atoms with Crippen molar-refractivity contribution in [1.29, 1.82) is 0 Å². The first-order chi connectivity index (χ1) is 10.2. The van der Waals surface area contributed by atoms with E-state index >= 15 is 0 Å². The quantitative estimate of drug-likeness (QED) is 0.731. The van der Waals surface area contributed by atoms with Crippen molar-refractivity contribution in [3.05, 3.63) is 63.7 Å². The maximum atomic E-state index is 5.87. The van der Waals surface area contributed by atoms with Gasteiger partial charge in [-0.2, -0.15) is 0 Å². The van der Waals surface area contributed by atoms with Gasteiger partial charge in [-0.25, -0.2) is 9.97 Å². The molecule has 0 fully saturated rings. The number of anilines is 1. The van der Waals surface area contributed by atoms with Crippen LogP contribution in [0.1, 0.15) is 5.56 Å². The van der Waals surface area contributed by atoms with Crippen LogP contribution < -0.4 is 5.32 Å². The van der Waals surface area contributed by atoms with E-state index in [0.29, 0.717) is 5.95 Å². The van der Waals surface area contributed by atoms with Crippen LogP contribution in [0.5, 0.6) is 0 Å². The lowest BCUT2D eigenvalue weighted by Gasteiger charge is -2.06. The van der Waals surface area contributed by atoms with Gasteiger partial charge in [-0.05, 0) is 36.2 Å². The molecule has 0 saturated carbocycles. The Bertz CT molecular complexity index is 759. The molecular formula is C16H13BrClN3. The molecule has 0 spiro atoms. The fraction of sp³-hybridized carbons (Fsp3) is 0.125. The highest BCUT2D eigenvalue weighted by Gasteiger charge is 2.02. The van der Waals surface area contributed by atoms with Gasteiger partial charge in [0.25, 0.3) is 0 Å². The van der Waals surface area contributed by atoms with Crippen molar-refractivity contribution in [3.8, 4) is 0 Å². The first-order valence-corrected chi connectivity index (χ1v) is 7.79. The number of halogens is 2. The Kier molecular flexibility index (Phi) is 4.36. The highest BCUT2D eigenvalue weighted by Crippen LogP contribution is 2.22. The van der Waals surface area contributed by atoms with Gasteiger partial charge in [-0.15, -0.1) is 0 Å². The van der Waals surface area contributed by atoms with E-state index in [1.54, 1.807) is 0 Å². The van der Waals surface area contributed by atoms with Gasteiger partial charge in [0.1, 0.15) is 0 Å². The third-order valence-corrected chi connectivity index (χ3v) is 4.13. The Labute approximate surface area is 136 Å². The summed E-state index contributed by atoms with van der Waals surface area (Å²) in [7, 11) is 0. The average molecular weight is 363 g/mol. The predicted octanol–water partition coefficient (Wildman–Crippen LogP) is 4.70. The molecule has 0 atom stereocenters. The van der Waals surface area contributed by atoms with E-state index in [2.05, 4.69) is 31.2 Å². The van der Waals surface area contributed by atoms with E-state index in [-0.39, 0.29) is 0 Å². The lowest BCUT2D eigenvalue weighted by Crippen LogP contribution is -2.07. The van der Waals surface area contributed by atoms with Crippen LogP contribution in [0.25, 0.3) is 10.9 Å². The zero-order valence-electron chi connectivity index (χ0n) is 11.2. The number of benzene rings is 2. The van der Waals surface area contributed by atoms with Gasteiger partial charge in [0.2, 0.25) is 5.95 Å². The molecule has 21 heavy (non-hydrogen) atoms. The summed E-state index contributed by atoms with van der Waals surface area (Å²) in [6, 6.07) is 13.8. The number of hydrogen-bond donors (Lipinski definition) is 1. The molecule has 3 rings (SSSR count). The Morgan fingerprint density at radius 3 is 2.71 bits per heavy atom. The molecule has 0 aliphatic carbocycles. The molecule has 5 heteroatoms. The molecule has 0 aliphatic heterocycles. The van der Waals surface area contributed by atoms with Crippen LogP contribution in [0, 0.1) is 0 Å². The molecule has 0 amide bonds. The van der Waals surface area contributed by atoms with E-state index in [9.17, 15) is 0 Å². The summed E-state index contributed by atoms with van der Waals surface area (Å²) in [5.41, 5.74) is 2.16. The maximum absolute atomic E-state index is 5.87. The molecule has 0 aliphatic rings. The van der Waals surface area contributed by atoms with E-state index in [1.807, 2.05) is 48.7 Å². The maximum Gasteiger partial charge on any atom is 0.223 e. The summed E-state index contributed by atoms with van der Waals surface area (Å²) in [4.78, 5) is 8.85. The second kappa shape index (κ2) is 6.41. The van der Waals surface area contributed by atoms with Crippen molar-refractivity contribution in [1.82, 2.24) is 9.97 Å². The van der Waals surface area contributed by atoms with E-state index in [4.69, 9.17) is 11.6 Å².